The molecule has 0 radical (unpaired) electrons. The lowest BCUT2D eigenvalue weighted by Crippen LogP contribution is -2.61. The molecule has 416 valence electrons. The van der Waals surface area contributed by atoms with Gasteiger partial charge in [0.1, 0.15) is 18.8 Å². The molecule has 1 aliphatic rings. The minimum atomic E-state index is -1.92. The second-order valence-electron chi connectivity index (χ2n) is 19.2. The topological polar surface area (TPSA) is 175 Å². The minimum absolute atomic E-state index is 0.00442. The highest BCUT2D eigenvalue weighted by molar-refractivity contribution is 5.74. The molecule has 0 spiro atoms. The van der Waals surface area contributed by atoms with Crippen LogP contribution < -0.4 is 0 Å². The molecule has 1 aliphatic heterocycles. The van der Waals surface area contributed by atoms with E-state index in [-0.39, 0.29) is 25.9 Å². The quantitative estimate of drug-likeness (QED) is 0.0228. The molecule has 0 aromatic heterocycles. The van der Waals surface area contributed by atoms with Gasteiger partial charge in [-0.2, -0.15) is 0 Å². The molecule has 12 heteroatoms. The smallest absolute Gasteiger partial charge is 0.335 e. The van der Waals surface area contributed by atoms with Crippen molar-refractivity contribution < 1.29 is 58.2 Å². The van der Waals surface area contributed by atoms with Crippen molar-refractivity contribution in [2.24, 2.45) is 0 Å². The average Bonchev–Trinajstić information content (AvgIpc) is 3.37. The highest BCUT2D eigenvalue weighted by Gasteiger charge is 2.50. The maximum Gasteiger partial charge on any atom is 0.335 e. The molecule has 1 heterocycles. The molecule has 0 amide bonds. The van der Waals surface area contributed by atoms with E-state index in [0.29, 0.717) is 25.7 Å². The fraction of sp³-hybridized carbons (Fsp3) is 0.705. The first-order valence-corrected chi connectivity index (χ1v) is 28.6. The fourth-order valence-electron chi connectivity index (χ4n) is 8.14. The standard InChI is InChI=1S/C61H100O12/c1-4-7-10-13-16-19-22-25-27-30-32-35-38-41-44-47-53(62)69-50-52(71-54(63)48-45-42-39-36-33-29-24-21-18-15-12-9-6-3)51-70-61-59(57(66)56(65)58(73-61)60(67)68)72-55(64)49-46-43-40-37-34-31-28-26-23-20-17-14-11-8-5-2/h7-8,10-11,16-17,19-20,25-28,34,37,52,56-59,61,65-66H,4-6,9,12-15,18,21-24,29-33,35-36,38-51H2,1-3H3,(H,67,68)/b10-7-,11-8-,19-16-,20-17-,27-25-,28-26-,37-34-. The van der Waals surface area contributed by atoms with Crippen LogP contribution in [0.15, 0.2) is 85.1 Å². The Morgan fingerprint density at radius 1 is 0.466 bits per heavy atom. The van der Waals surface area contributed by atoms with E-state index >= 15 is 0 Å². The van der Waals surface area contributed by atoms with Crippen LogP contribution in [-0.2, 0) is 42.9 Å². The number of carboxylic acids is 1. The molecule has 6 unspecified atom stereocenters. The summed E-state index contributed by atoms with van der Waals surface area (Å²) in [5.41, 5.74) is 0. The Kier molecular flexibility index (Phi) is 44.7. The Bertz CT molecular complexity index is 1590. The first-order valence-electron chi connectivity index (χ1n) is 28.6. The van der Waals surface area contributed by atoms with Crippen molar-refractivity contribution in [3.8, 4) is 0 Å². The van der Waals surface area contributed by atoms with Crippen molar-refractivity contribution in [1.82, 2.24) is 0 Å². The number of rotatable bonds is 47. The largest absolute Gasteiger partial charge is 0.479 e. The van der Waals surface area contributed by atoms with Crippen molar-refractivity contribution in [2.45, 2.75) is 263 Å². The van der Waals surface area contributed by atoms with Crippen LogP contribution in [0.2, 0.25) is 0 Å². The van der Waals surface area contributed by atoms with E-state index in [0.717, 1.165) is 103 Å². The van der Waals surface area contributed by atoms with Crippen LogP contribution >= 0.6 is 0 Å². The Hall–Kier alpha value is -4.10. The Morgan fingerprint density at radius 3 is 1.34 bits per heavy atom. The Labute approximate surface area is 441 Å². The maximum atomic E-state index is 13.1. The van der Waals surface area contributed by atoms with E-state index in [4.69, 9.17) is 23.7 Å². The van der Waals surface area contributed by atoms with Gasteiger partial charge in [-0.1, -0.05) is 202 Å². The first kappa shape index (κ1) is 66.9. The highest BCUT2D eigenvalue weighted by Crippen LogP contribution is 2.26. The number of ether oxygens (including phenoxy) is 5. The number of aliphatic hydroxyl groups excluding tert-OH is 2. The van der Waals surface area contributed by atoms with E-state index in [9.17, 15) is 34.5 Å². The van der Waals surface area contributed by atoms with Gasteiger partial charge >= 0.3 is 23.9 Å². The lowest BCUT2D eigenvalue weighted by molar-refractivity contribution is -0.301. The molecule has 1 fully saturated rings. The summed E-state index contributed by atoms with van der Waals surface area (Å²) < 4.78 is 28.3. The molecule has 3 N–H and O–H groups in total. The van der Waals surface area contributed by atoms with Crippen LogP contribution in [-0.4, -0.2) is 89.2 Å². The summed E-state index contributed by atoms with van der Waals surface area (Å²) in [5.74, 6) is -3.20. The number of carbonyl (C=O) groups is 4. The molecule has 0 aromatic rings. The predicted octanol–water partition coefficient (Wildman–Crippen LogP) is 14.3. The maximum absolute atomic E-state index is 13.1. The first-order chi connectivity index (χ1) is 35.6. The van der Waals surface area contributed by atoms with Crippen LogP contribution in [0.1, 0.15) is 226 Å². The lowest BCUT2D eigenvalue weighted by Gasteiger charge is -2.40. The molecule has 1 rings (SSSR count). The molecule has 0 bridgehead atoms. The van der Waals surface area contributed by atoms with E-state index in [1.807, 2.05) is 0 Å². The number of allylic oxidation sites excluding steroid dienone is 14. The van der Waals surface area contributed by atoms with Crippen LogP contribution in [0.3, 0.4) is 0 Å². The van der Waals surface area contributed by atoms with Gasteiger partial charge in [0, 0.05) is 19.3 Å². The van der Waals surface area contributed by atoms with Gasteiger partial charge in [0.15, 0.2) is 24.6 Å². The minimum Gasteiger partial charge on any atom is -0.479 e. The number of aliphatic carboxylic acids is 1. The molecule has 0 aliphatic carbocycles. The third-order valence-corrected chi connectivity index (χ3v) is 12.5. The van der Waals surface area contributed by atoms with Crippen molar-refractivity contribution in [3.63, 3.8) is 0 Å². The van der Waals surface area contributed by atoms with Crippen LogP contribution in [0.4, 0.5) is 0 Å². The summed E-state index contributed by atoms with van der Waals surface area (Å²) in [7, 11) is 0. The summed E-state index contributed by atoms with van der Waals surface area (Å²) in [5, 5.41) is 31.4. The number of unbranched alkanes of at least 4 members (excludes halogenated alkanes) is 19. The van der Waals surface area contributed by atoms with Crippen LogP contribution in [0.25, 0.3) is 0 Å². The van der Waals surface area contributed by atoms with E-state index in [2.05, 4.69) is 106 Å². The molecular weight excluding hydrogens is 925 g/mol. The Balaban J connectivity index is 2.74. The Morgan fingerprint density at radius 2 is 0.863 bits per heavy atom. The van der Waals surface area contributed by atoms with Crippen LogP contribution in [0.5, 0.6) is 0 Å². The molecule has 0 saturated carbocycles. The highest BCUT2D eigenvalue weighted by atomic mass is 16.7. The van der Waals surface area contributed by atoms with Gasteiger partial charge in [-0.05, 0) is 89.9 Å². The van der Waals surface area contributed by atoms with Crippen molar-refractivity contribution in [1.29, 1.82) is 0 Å². The lowest BCUT2D eigenvalue weighted by atomic mass is 9.98. The summed E-state index contributed by atoms with van der Waals surface area (Å²) in [6, 6.07) is 0. The number of esters is 3. The van der Waals surface area contributed by atoms with Crippen molar-refractivity contribution in [2.75, 3.05) is 13.2 Å². The fourth-order valence-corrected chi connectivity index (χ4v) is 8.14. The van der Waals surface area contributed by atoms with Gasteiger partial charge in [-0.3, -0.25) is 14.4 Å². The number of carbonyl (C=O) groups excluding carboxylic acids is 3. The summed E-state index contributed by atoms with van der Waals surface area (Å²) in [4.78, 5) is 51.0. The van der Waals surface area contributed by atoms with Gasteiger partial charge in [-0.25, -0.2) is 4.79 Å². The number of aliphatic hydroxyl groups is 2. The zero-order valence-corrected chi connectivity index (χ0v) is 45.6. The third kappa shape index (κ3) is 39.0. The normalized spacial score (nSPS) is 18.9. The van der Waals surface area contributed by atoms with Crippen molar-refractivity contribution >= 4 is 23.9 Å². The van der Waals surface area contributed by atoms with E-state index in [1.165, 1.54) is 57.8 Å². The van der Waals surface area contributed by atoms with Gasteiger partial charge in [-0.15, -0.1) is 0 Å². The zero-order valence-electron chi connectivity index (χ0n) is 45.6. The van der Waals surface area contributed by atoms with E-state index in [1.54, 1.807) is 0 Å². The molecule has 6 atom stereocenters. The van der Waals surface area contributed by atoms with Crippen molar-refractivity contribution in [3.05, 3.63) is 85.1 Å². The predicted molar refractivity (Wildman–Crippen MR) is 294 cm³/mol. The second kappa shape index (κ2) is 48.8. The molecule has 73 heavy (non-hydrogen) atoms. The number of carboxylic acid groups (broad SMARTS) is 1. The third-order valence-electron chi connectivity index (χ3n) is 12.5. The molecule has 1 saturated heterocycles. The molecular formula is C61H100O12. The van der Waals surface area contributed by atoms with E-state index < -0.39 is 67.3 Å². The van der Waals surface area contributed by atoms with Gasteiger partial charge < -0.3 is 39.0 Å². The van der Waals surface area contributed by atoms with Gasteiger partial charge in [0.2, 0.25) is 0 Å². The SMILES string of the molecule is CC/C=C\C/C=C\C/C=C\C/C=C\CCCCC(=O)OC1C(OCC(COC(=O)CCCCCCC/C=C\C/C=C\C/C=C\CC)OC(=O)CCCCCCCCCCCCCCC)OC(C(=O)O)C(O)C1O. The molecule has 0 aromatic carbocycles. The monoisotopic (exact) mass is 1020 g/mol. The zero-order chi connectivity index (χ0) is 53.3. The van der Waals surface area contributed by atoms with Crippen LogP contribution in [0, 0.1) is 0 Å². The van der Waals surface area contributed by atoms with Gasteiger partial charge in [0.25, 0.3) is 0 Å². The number of hydrogen-bond donors (Lipinski definition) is 3. The number of hydrogen-bond acceptors (Lipinski definition) is 11. The average molecular weight is 1030 g/mol. The van der Waals surface area contributed by atoms with Gasteiger partial charge in [0.05, 0.1) is 6.61 Å². The summed E-state index contributed by atoms with van der Waals surface area (Å²) >= 11 is 0. The summed E-state index contributed by atoms with van der Waals surface area (Å²) in [6.45, 7) is 5.72. The molecule has 12 nitrogen and oxygen atoms in total. The summed E-state index contributed by atoms with van der Waals surface area (Å²) in [6.07, 6.45) is 49.9. The second-order valence-corrected chi connectivity index (χ2v) is 19.2.